The minimum atomic E-state index is -0.240. The Hall–Kier alpha value is -1.49. The second kappa shape index (κ2) is 8.72. The van der Waals surface area contributed by atoms with E-state index in [1.54, 1.807) is 11.9 Å². The summed E-state index contributed by atoms with van der Waals surface area (Å²) in [7, 11) is 3.18. The van der Waals surface area contributed by atoms with Crippen molar-refractivity contribution in [3.05, 3.63) is 35.4 Å². The maximum Gasteiger partial charge on any atom is 0.306 e. The first-order valence-electron chi connectivity index (χ1n) is 6.91. The summed E-state index contributed by atoms with van der Waals surface area (Å²) in [5.41, 5.74) is 2.34. The number of rotatable bonds is 7. The Morgan fingerprint density at radius 3 is 2.62 bits per heavy atom. The Kier molecular flexibility index (Phi) is 7.29. The lowest BCUT2D eigenvalue weighted by atomic mass is 10.1. The topological polar surface area (TPSA) is 46.6 Å². The number of aryl methyl sites for hydroxylation is 1. The zero-order valence-corrected chi connectivity index (χ0v) is 13.9. The maximum atomic E-state index is 12.1. The minimum Gasteiger partial charge on any atom is -0.469 e. The van der Waals surface area contributed by atoms with Crippen molar-refractivity contribution in [1.82, 2.24) is 4.90 Å². The normalized spacial score (nSPS) is 11.8. The number of ether oxygens (including phenoxy) is 1. The summed E-state index contributed by atoms with van der Waals surface area (Å²) < 4.78 is 4.62. The van der Waals surface area contributed by atoms with Crippen LogP contribution in [0.4, 0.5) is 0 Å². The molecule has 21 heavy (non-hydrogen) atoms. The highest BCUT2D eigenvalue weighted by atomic mass is 32.2. The van der Waals surface area contributed by atoms with E-state index in [4.69, 9.17) is 0 Å². The van der Waals surface area contributed by atoms with Gasteiger partial charge in [0.2, 0.25) is 5.91 Å². The van der Waals surface area contributed by atoms with Crippen LogP contribution in [-0.4, -0.2) is 41.9 Å². The molecule has 1 amide bonds. The molecule has 0 saturated heterocycles. The molecule has 1 aromatic carbocycles. The van der Waals surface area contributed by atoms with Crippen LogP contribution in [0, 0.1) is 6.92 Å². The van der Waals surface area contributed by atoms with Gasteiger partial charge in [-0.25, -0.2) is 0 Å². The van der Waals surface area contributed by atoms with E-state index >= 15 is 0 Å². The van der Waals surface area contributed by atoms with E-state index in [1.807, 2.05) is 38.1 Å². The molecule has 0 aromatic heterocycles. The highest BCUT2D eigenvalue weighted by molar-refractivity contribution is 8.00. The van der Waals surface area contributed by atoms with Crippen molar-refractivity contribution in [1.29, 1.82) is 0 Å². The Morgan fingerprint density at radius 2 is 2.00 bits per heavy atom. The molecule has 0 radical (unpaired) electrons. The zero-order valence-electron chi connectivity index (χ0n) is 13.1. The highest BCUT2D eigenvalue weighted by Gasteiger charge is 2.15. The average molecular weight is 309 g/mol. The smallest absolute Gasteiger partial charge is 0.306 e. The third-order valence-corrected chi connectivity index (χ3v) is 4.42. The number of thioether (sulfide) groups is 1. The van der Waals surface area contributed by atoms with Crippen molar-refractivity contribution >= 4 is 23.6 Å². The van der Waals surface area contributed by atoms with Gasteiger partial charge in [-0.2, -0.15) is 0 Å². The molecule has 1 rings (SSSR count). The number of hydrogen-bond acceptors (Lipinski definition) is 4. The van der Waals surface area contributed by atoms with Gasteiger partial charge in [0.05, 0.1) is 19.3 Å². The molecule has 1 unspecified atom stereocenters. The number of amides is 1. The van der Waals surface area contributed by atoms with Crippen LogP contribution in [0.2, 0.25) is 0 Å². The van der Waals surface area contributed by atoms with Gasteiger partial charge < -0.3 is 9.64 Å². The van der Waals surface area contributed by atoms with Gasteiger partial charge in [0.1, 0.15) is 0 Å². The SMILES string of the molecule is COC(=O)CC(C)SCC(=O)N(C)Cc1ccccc1C. The van der Waals surface area contributed by atoms with Gasteiger partial charge >= 0.3 is 5.97 Å². The first-order valence-corrected chi connectivity index (χ1v) is 7.95. The number of esters is 1. The van der Waals surface area contributed by atoms with E-state index in [1.165, 1.54) is 24.4 Å². The Balaban J connectivity index is 2.41. The van der Waals surface area contributed by atoms with Crippen molar-refractivity contribution in [2.75, 3.05) is 19.9 Å². The van der Waals surface area contributed by atoms with Crippen LogP contribution >= 0.6 is 11.8 Å². The monoisotopic (exact) mass is 309 g/mol. The number of nitrogens with zero attached hydrogens (tertiary/aromatic N) is 1. The van der Waals surface area contributed by atoms with E-state index < -0.39 is 0 Å². The highest BCUT2D eigenvalue weighted by Crippen LogP contribution is 2.16. The van der Waals surface area contributed by atoms with Gasteiger partial charge in [-0.15, -0.1) is 11.8 Å². The van der Waals surface area contributed by atoms with Crippen LogP contribution in [-0.2, 0) is 20.9 Å². The Bertz CT molecular complexity index is 490. The van der Waals surface area contributed by atoms with Crippen molar-refractivity contribution in [3.63, 3.8) is 0 Å². The van der Waals surface area contributed by atoms with Gasteiger partial charge in [0, 0.05) is 18.8 Å². The molecule has 0 fully saturated rings. The summed E-state index contributed by atoms with van der Waals surface area (Å²) in [6.45, 7) is 4.58. The predicted molar refractivity (Wildman–Crippen MR) is 86.2 cm³/mol. The Morgan fingerprint density at radius 1 is 1.33 bits per heavy atom. The molecule has 1 aromatic rings. The fourth-order valence-electron chi connectivity index (χ4n) is 1.83. The van der Waals surface area contributed by atoms with Crippen molar-refractivity contribution in [2.45, 2.75) is 32.1 Å². The fourth-order valence-corrected chi connectivity index (χ4v) is 2.73. The molecule has 0 heterocycles. The molecule has 0 aliphatic heterocycles. The second-order valence-corrected chi connectivity index (χ2v) is 6.50. The molecule has 0 N–H and O–H groups in total. The lowest BCUT2D eigenvalue weighted by molar-refractivity contribution is -0.140. The molecule has 0 saturated carbocycles. The third kappa shape index (κ3) is 6.21. The van der Waals surface area contributed by atoms with E-state index in [-0.39, 0.29) is 17.1 Å². The summed E-state index contributed by atoms with van der Waals surface area (Å²) in [5.74, 6) is 0.205. The number of hydrogen-bond donors (Lipinski definition) is 0. The number of carbonyl (C=O) groups excluding carboxylic acids is 2. The number of benzene rings is 1. The van der Waals surface area contributed by atoms with Crippen LogP contribution in [0.3, 0.4) is 0 Å². The lowest BCUT2D eigenvalue weighted by Crippen LogP contribution is -2.28. The zero-order chi connectivity index (χ0) is 15.8. The average Bonchev–Trinajstić information content (AvgIpc) is 2.46. The van der Waals surface area contributed by atoms with Crippen LogP contribution in [0.5, 0.6) is 0 Å². The van der Waals surface area contributed by atoms with Gasteiger partial charge in [0.25, 0.3) is 0 Å². The molecule has 0 spiro atoms. The molecule has 1 atom stereocenters. The fraction of sp³-hybridized carbons (Fsp3) is 0.500. The van der Waals surface area contributed by atoms with Gasteiger partial charge in [-0.1, -0.05) is 31.2 Å². The number of carbonyl (C=O) groups is 2. The summed E-state index contributed by atoms with van der Waals surface area (Å²) in [4.78, 5) is 25.0. The quantitative estimate of drug-likeness (QED) is 0.727. The van der Waals surface area contributed by atoms with Crippen molar-refractivity contribution in [2.24, 2.45) is 0 Å². The van der Waals surface area contributed by atoms with E-state index in [0.717, 1.165) is 5.56 Å². The third-order valence-electron chi connectivity index (χ3n) is 3.27. The van der Waals surface area contributed by atoms with E-state index in [9.17, 15) is 9.59 Å². The van der Waals surface area contributed by atoms with Crippen molar-refractivity contribution < 1.29 is 14.3 Å². The van der Waals surface area contributed by atoms with Crippen LogP contribution in [0.15, 0.2) is 24.3 Å². The molecule has 0 aliphatic rings. The van der Waals surface area contributed by atoms with Crippen molar-refractivity contribution in [3.8, 4) is 0 Å². The maximum absolute atomic E-state index is 12.1. The molecule has 116 valence electrons. The molecule has 0 bridgehead atoms. The number of methoxy groups -OCH3 is 1. The van der Waals surface area contributed by atoms with Gasteiger partial charge in [0.15, 0.2) is 0 Å². The largest absolute Gasteiger partial charge is 0.469 e. The van der Waals surface area contributed by atoms with Crippen LogP contribution in [0.1, 0.15) is 24.5 Å². The Labute approximate surface area is 130 Å². The molecule has 4 nitrogen and oxygen atoms in total. The summed E-state index contributed by atoms with van der Waals surface area (Å²) >= 11 is 1.48. The molecular weight excluding hydrogens is 286 g/mol. The van der Waals surface area contributed by atoms with Gasteiger partial charge in [-0.3, -0.25) is 9.59 Å². The lowest BCUT2D eigenvalue weighted by Gasteiger charge is -2.19. The van der Waals surface area contributed by atoms with E-state index in [0.29, 0.717) is 18.7 Å². The molecule has 5 heteroatoms. The minimum absolute atomic E-state index is 0.0694. The summed E-state index contributed by atoms with van der Waals surface area (Å²) in [6.07, 6.45) is 0.329. The van der Waals surface area contributed by atoms with Crippen LogP contribution < -0.4 is 0 Å². The second-order valence-electron chi connectivity index (χ2n) is 5.08. The standard InChI is InChI=1S/C16H23NO3S/c1-12-7-5-6-8-14(12)10-17(3)15(18)11-21-13(2)9-16(19)20-4/h5-8,13H,9-11H2,1-4H3. The van der Waals surface area contributed by atoms with E-state index in [2.05, 4.69) is 4.74 Å². The first-order chi connectivity index (χ1) is 9.93. The summed E-state index contributed by atoms with van der Waals surface area (Å²) in [6, 6.07) is 8.05. The van der Waals surface area contributed by atoms with Crippen LogP contribution in [0.25, 0.3) is 0 Å². The van der Waals surface area contributed by atoms with Gasteiger partial charge in [-0.05, 0) is 18.1 Å². The first kappa shape index (κ1) is 17.6. The molecular formula is C16H23NO3S. The predicted octanol–water partition coefficient (Wildman–Crippen LogP) is 2.64. The summed E-state index contributed by atoms with van der Waals surface area (Å²) in [5, 5.41) is 0.0771. The molecule has 0 aliphatic carbocycles.